The Morgan fingerprint density at radius 1 is 1.29 bits per heavy atom. The van der Waals surface area contributed by atoms with Crippen LogP contribution in [-0.4, -0.2) is 43.4 Å². The zero-order valence-corrected chi connectivity index (χ0v) is 14.9. The smallest absolute Gasteiger partial charge is 0.191 e. The summed E-state index contributed by atoms with van der Waals surface area (Å²) in [6.07, 6.45) is 3.97. The summed E-state index contributed by atoms with van der Waals surface area (Å²) in [5.41, 5.74) is -0.110. The molecular weight excluding hydrogens is 302 g/mol. The number of aliphatic imine (C=N–C) groups is 1. The molecular formula is C19H31N3O2. The third-order valence-corrected chi connectivity index (χ3v) is 4.63. The second-order valence-corrected chi connectivity index (χ2v) is 6.70. The normalized spacial score (nSPS) is 24.5. The van der Waals surface area contributed by atoms with Gasteiger partial charge in [0.1, 0.15) is 12.4 Å². The van der Waals surface area contributed by atoms with Crippen molar-refractivity contribution in [2.24, 2.45) is 10.4 Å². The SMILES string of the molecule is CCNC(=NCC1(C)CCCCC1O)NCCOc1ccccc1. The van der Waals surface area contributed by atoms with E-state index in [0.717, 1.165) is 37.5 Å². The Labute approximate surface area is 145 Å². The summed E-state index contributed by atoms with van der Waals surface area (Å²) in [6, 6.07) is 9.80. The summed E-state index contributed by atoms with van der Waals surface area (Å²) >= 11 is 0. The number of hydrogen-bond acceptors (Lipinski definition) is 3. The number of rotatable bonds is 7. The van der Waals surface area contributed by atoms with Gasteiger partial charge in [0.2, 0.25) is 0 Å². The highest BCUT2D eigenvalue weighted by Crippen LogP contribution is 2.36. The van der Waals surface area contributed by atoms with E-state index in [4.69, 9.17) is 4.74 Å². The summed E-state index contributed by atoms with van der Waals surface area (Å²) in [4.78, 5) is 4.68. The van der Waals surface area contributed by atoms with Crippen molar-refractivity contribution in [2.75, 3.05) is 26.2 Å². The van der Waals surface area contributed by atoms with Crippen molar-refractivity contribution in [3.8, 4) is 5.75 Å². The van der Waals surface area contributed by atoms with E-state index in [1.165, 1.54) is 6.42 Å². The third kappa shape index (κ3) is 5.71. The summed E-state index contributed by atoms with van der Waals surface area (Å²) < 4.78 is 5.68. The molecule has 134 valence electrons. The molecule has 2 atom stereocenters. The number of guanidine groups is 1. The van der Waals surface area contributed by atoms with Gasteiger partial charge in [-0.2, -0.15) is 0 Å². The Bertz CT molecular complexity index is 507. The Kier molecular flexibility index (Phi) is 7.37. The predicted molar refractivity (Wildman–Crippen MR) is 98.5 cm³/mol. The molecule has 0 heterocycles. The first kappa shape index (κ1) is 18.6. The Balaban J connectivity index is 1.79. The quantitative estimate of drug-likeness (QED) is 0.408. The van der Waals surface area contributed by atoms with Crippen molar-refractivity contribution in [3.63, 3.8) is 0 Å². The fourth-order valence-electron chi connectivity index (χ4n) is 3.02. The average Bonchev–Trinajstić information content (AvgIpc) is 2.60. The largest absolute Gasteiger partial charge is 0.492 e. The van der Waals surface area contributed by atoms with Gasteiger partial charge >= 0.3 is 0 Å². The van der Waals surface area contributed by atoms with Crippen LogP contribution in [0.4, 0.5) is 0 Å². The maximum Gasteiger partial charge on any atom is 0.191 e. The summed E-state index contributed by atoms with van der Waals surface area (Å²) in [5, 5.41) is 16.8. The minimum atomic E-state index is -0.251. The molecule has 1 aliphatic rings. The number of hydrogen-bond donors (Lipinski definition) is 3. The van der Waals surface area contributed by atoms with Gasteiger partial charge in [-0.3, -0.25) is 4.99 Å². The van der Waals surface area contributed by atoms with Gasteiger partial charge in [-0.1, -0.05) is 38.0 Å². The molecule has 1 aromatic rings. The third-order valence-electron chi connectivity index (χ3n) is 4.63. The first-order valence-corrected chi connectivity index (χ1v) is 9.02. The zero-order valence-electron chi connectivity index (χ0n) is 14.9. The molecule has 2 unspecified atom stereocenters. The molecule has 3 N–H and O–H groups in total. The lowest BCUT2D eigenvalue weighted by Crippen LogP contribution is -2.42. The second kappa shape index (κ2) is 9.52. The topological polar surface area (TPSA) is 65.9 Å². The van der Waals surface area contributed by atoms with Crippen molar-refractivity contribution in [3.05, 3.63) is 30.3 Å². The van der Waals surface area contributed by atoms with Crippen LogP contribution in [0.1, 0.15) is 39.5 Å². The average molecular weight is 333 g/mol. The van der Waals surface area contributed by atoms with Crippen molar-refractivity contribution >= 4 is 5.96 Å². The molecule has 0 spiro atoms. The number of para-hydroxylation sites is 1. The summed E-state index contributed by atoms with van der Waals surface area (Å²) in [6.45, 7) is 6.90. The molecule has 1 aliphatic carbocycles. The van der Waals surface area contributed by atoms with Crippen LogP contribution in [0, 0.1) is 5.41 Å². The Morgan fingerprint density at radius 3 is 2.79 bits per heavy atom. The summed E-state index contributed by atoms with van der Waals surface area (Å²) in [7, 11) is 0. The molecule has 0 aliphatic heterocycles. The van der Waals surface area contributed by atoms with Gasteiger partial charge in [0.05, 0.1) is 19.2 Å². The number of benzene rings is 1. The first-order chi connectivity index (χ1) is 11.6. The number of aliphatic hydroxyl groups is 1. The van der Waals surface area contributed by atoms with Crippen molar-refractivity contribution in [2.45, 2.75) is 45.6 Å². The predicted octanol–water partition coefficient (Wildman–Crippen LogP) is 2.56. The van der Waals surface area contributed by atoms with E-state index in [2.05, 4.69) is 29.5 Å². The van der Waals surface area contributed by atoms with Crippen LogP contribution in [0.25, 0.3) is 0 Å². The van der Waals surface area contributed by atoms with Crippen molar-refractivity contribution in [1.82, 2.24) is 10.6 Å². The standard InChI is InChI=1S/C19H31N3O2/c1-3-20-18(21-13-14-24-16-9-5-4-6-10-16)22-15-19(2)12-8-7-11-17(19)23/h4-6,9-10,17,23H,3,7-8,11-15H2,1-2H3,(H2,20,21,22). The van der Waals surface area contributed by atoms with E-state index in [9.17, 15) is 5.11 Å². The van der Waals surface area contributed by atoms with Gasteiger partial charge < -0.3 is 20.5 Å². The van der Waals surface area contributed by atoms with Gasteiger partial charge in [-0.05, 0) is 31.9 Å². The van der Waals surface area contributed by atoms with Crippen LogP contribution < -0.4 is 15.4 Å². The molecule has 1 aromatic carbocycles. The van der Waals surface area contributed by atoms with Crippen LogP contribution in [0.5, 0.6) is 5.75 Å². The monoisotopic (exact) mass is 333 g/mol. The lowest BCUT2D eigenvalue weighted by atomic mass is 9.73. The lowest BCUT2D eigenvalue weighted by molar-refractivity contribution is 0.00716. The van der Waals surface area contributed by atoms with E-state index in [0.29, 0.717) is 19.7 Å². The molecule has 5 heteroatoms. The van der Waals surface area contributed by atoms with E-state index in [-0.39, 0.29) is 11.5 Å². The van der Waals surface area contributed by atoms with Crippen LogP contribution in [0.15, 0.2) is 35.3 Å². The molecule has 24 heavy (non-hydrogen) atoms. The number of nitrogens with zero attached hydrogens (tertiary/aromatic N) is 1. The van der Waals surface area contributed by atoms with Gasteiger partial charge in [0.15, 0.2) is 5.96 Å². The van der Waals surface area contributed by atoms with Gasteiger partial charge in [-0.25, -0.2) is 0 Å². The molecule has 0 radical (unpaired) electrons. The number of aliphatic hydroxyl groups excluding tert-OH is 1. The molecule has 0 amide bonds. The second-order valence-electron chi connectivity index (χ2n) is 6.70. The lowest BCUT2D eigenvalue weighted by Gasteiger charge is -2.37. The van der Waals surface area contributed by atoms with E-state index >= 15 is 0 Å². The van der Waals surface area contributed by atoms with Gasteiger partial charge in [-0.15, -0.1) is 0 Å². The van der Waals surface area contributed by atoms with Gasteiger partial charge in [0, 0.05) is 12.0 Å². The highest BCUT2D eigenvalue weighted by atomic mass is 16.5. The Hall–Kier alpha value is -1.75. The van der Waals surface area contributed by atoms with Crippen LogP contribution in [0.3, 0.4) is 0 Å². The van der Waals surface area contributed by atoms with E-state index < -0.39 is 0 Å². The van der Waals surface area contributed by atoms with Crippen LogP contribution in [0.2, 0.25) is 0 Å². The number of nitrogens with one attached hydrogen (secondary N) is 2. The molecule has 0 bridgehead atoms. The highest BCUT2D eigenvalue weighted by Gasteiger charge is 2.35. The highest BCUT2D eigenvalue weighted by molar-refractivity contribution is 5.79. The maximum absolute atomic E-state index is 10.3. The van der Waals surface area contributed by atoms with Crippen LogP contribution >= 0.6 is 0 Å². The molecule has 2 rings (SSSR count). The zero-order chi connectivity index (χ0) is 17.3. The molecule has 0 saturated heterocycles. The van der Waals surface area contributed by atoms with Gasteiger partial charge in [0.25, 0.3) is 0 Å². The maximum atomic E-state index is 10.3. The molecule has 1 fully saturated rings. The molecule has 0 aromatic heterocycles. The number of ether oxygens (including phenoxy) is 1. The van der Waals surface area contributed by atoms with Crippen molar-refractivity contribution in [1.29, 1.82) is 0 Å². The van der Waals surface area contributed by atoms with Crippen molar-refractivity contribution < 1.29 is 9.84 Å². The van der Waals surface area contributed by atoms with E-state index in [1.807, 2.05) is 30.3 Å². The Morgan fingerprint density at radius 2 is 2.08 bits per heavy atom. The first-order valence-electron chi connectivity index (χ1n) is 9.02. The fraction of sp³-hybridized carbons (Fsp3) is 0.632. The fourth-order valence-corrected chi connectivity index (χ4v) is 3.02. The summed E-state index contributed by atoms with van der Waals surface area (Å²) in [5.74, 6) is 1.66. The van der Waals surface area contributed by atoms with E-state index in [1.54, 1.807) is 0 Å². The van der Waals surface area contributed by atoms with Crippen LogP contribution in [-0.2, 0) is 0 Å². The molecule has 1 saturated carbocycles. The minimum absolute atomic E-state index is 0.110. The molecule has 5 nitrogen and oxygen atoms in total. The minimum Gasteiger partial charge on any atom is -0.492 e.